The Hall–Kier alpha value is -2.56. The highest BCUT2D eigenvalue weighted by molar-refractivity contribution is 5.73. The van der Waals surface area contributed by atoms with Crippen molar-refractivity contribution in [3.8, 4) is 11.4 Å². The van der Waals surface area contributed by atoms with Crippen molar-refractivity contribution < 1.29 is 36.4 Å². The van der Waals surface area contributed by atoms with Crippen molar-refractivity contribution in [1.29, 1.82) is 0 Å². The lowest BCUT2D eigenvalue weighted by atomic mass is 10.1. The van der Waals surface area contributed by atoms with Crippen LogP contribution in [0.2, 0.25) is 0 Å². The van der Waals surface area contributed by atoms with Crippen molar-refractivity contribution in [3.63, 3.8) is 0 Å². The van der Waals surface area contributed by atoms with Crippen LogP contribution in [0.4, 0.5) is 22.0 Å². The zero-order valence-electron chi connectivity index (χ0n) is 13.4. The highest BCUT2D eigenvalue weighted by atomic mass is 19.4. The molecule has 142 valence electrons. The van der Waals surface area contributed by atoms with Crippen molar-refractivity contribution in [3.05, 3.63) is 35.5 Å². The van der Waals surface area contributed by atoms with E-state index in [1.807, 2.05) is 0 Å². The highest BCUT2D eigenvalue weighted by Crippen LogP contribution is 2.32. The van der Waals surface area contributed by atoms with Crippen LogP contribution >= 0.6 is 0 Å². The Morgan fingerprint density at radius 3 is 2.58 bits per heavy atom. The van der Waals surface area contributed by atoms with E-state index in [4.69, 9.17) is 14.4 Å². The largest absolute Gasteiger partial charge is 0.490 e. The molecular formula is C15H14F5N3O3. The van der Waals surface area contributed by atoms with Crippen LogP contribution in [0, 0.1) is 12.7 Å². The number of benzene rings is 1. The lowest BCUT2D eigenvalue weighted by Gasteiger charge is -2.11. The summed E-state index contributed by atoms with van der Waals surface area (Å²) in [6.07, 6.45) is -4.80. The molecule has 0 aliphatic carbocycles. The number of aromatic nitrogens is 2. The Morgan fingerprint density at radius 1 is 1.38 bits per heavy atom. The zero-order valence-corrected chi connectivity index (χ0v) is 13.4. The fourth-order valence-corrected chi connectivity index (χ4v) is 2.18. The van der Waals surface area contributed by atoms with Crippen molar-refractivity contribution in [1.82, 2.24) is 15.5 Å². The van der Waals surface area contributed by atoms with Gasteiger partial charge in [-0.25, -0.2) is 13.6 Å². The number of rotatable bonds is 2. The first-order valence-electron chi connectivity index (χ1n) is 7.34. The number of hydrogen-bond donors (Lipinski definition) is 2. The number of halogens is 5. The van der Waals surface area contributed by atoms with Gasteiger partial charge in [0.25, 0.3) is 5.89 Å². The molecule has 11 heteroatoms. The van der Waals surface area contributed by atoms with Gasteiger partial charge in [-0.05, 0) is 25.1 Å². The van der Waals surface area contributed by atoms with Crippen LogP contribution in [0.5, 0.6) is 0 Å². The lowest BCUT2D eigenvalue weighted by molar-refractivity contribution is -0.192. The molecule has 0 saturated carbocycles. The van der Waals surface area contributed by atoms with E-state index < -0.39 is 23.6 Å². The first kappa shape index (κ1) is 19.8. The number of hydrogen-bond acceptors (Lipinski definition) is 5. The molecule has 1 aliphatic heterocycles. The van der Waals surface area contributed by atoms with Crippen LogP contribution in [-0.2, 0) is 10.5 Å². The molecule has 0 amide bonds. The minimum Gasteiger partial charge on any atom is -0.475 e. The van der Waals surface area contributed by atoms with Crippen LogP contribution in [-0.4, -0.2) is 40.5 Å². The minimum absolute atomic E-state index is 0.0834. The molecule has 0 radical (unpaired) electrons. The van der Waals surface area contributed by atoms with Crippen molar-refractivity contribution in [2.75, 3.05) is 13.1 Å². The van der Waals surface area contributed by atoms with Gasteiger partial charge in [0, 0.05) is 13.0 Å². The molecule has 2 heterocycles. The van der Waals surface area contributed by atoms with Crippen LogP contribution in [0.15, 0.2) is 22.7 Å². The first-order chi connectivity index (χ1) is 12.0. The number of alkyl halides is 4. The second-order valence-corrected chi connectivity index (χ2v) is 5.55. The summed E-state index contributed by atoms with van der Waals surface area (Å²) in [5.74, 6) is -3.17. The summed E-state index contributed by atoms with van der Waals surface area (Å²) in [6, 6.07) is 4.90. The third kappa shape index (κ3) is 4.34. The first-order valence-corrected chi connectivity index (χ1v) is 7.34. The molecule has 0 bridgehead atoms. The van der Waals surface area contributed by atoms with Crippen molar-refractivity contribution >= 4 is 5.97 Å². The molecule has 2 aromatic rings. The maximum atomic E-state index is 14.4. The topological polar surface area (TPSA) is 88.3 Å². The molecule has 1 fully saturated rings. The standard InChI is InChI=1S/C13H13F2N3O.C2HF3O2/c1-8-3-2-4-9(10(8)14)11-17-12(19-18-11)13(15)5-6-16-7-13;3-2(4,5)1(6)7/h2-4,16H,5-7H2,1H3;(H,6,7). The van der Waals surface area contributed by atoms with E-state index in [-0.39, 0.29) is 30.2 Å². The molecule has 1 atom stereocenters. The fraction of sp³-hybridized carbons (Fsp3) is 0.400. The van der Waals surface area contributed by atoms with E-state index in [1.54, 1.807) is 25.1 Å². The number of aliphatic carboxylic acids is 1. The number of carbonyl (C=O) groups is 1. The molecule has 2 N–H and O–H groups in total. The maximum absolute atomic E-state index is 14.4. The predicted octanol–water partition coefficient (Wildman–Crippen LogP) is 2.98. The summed E-state index contributed by atoms with van der Waals surface area (Å²) in [4.78, 5) is 12.9. The summed E-state index contributed by atoms with van der Waals surface area (Å²) in [7, 11) is 0. The normalized spacial score (nSPS) is 19.8. The maximum Gasteiger partial charge on any atom is 0.490 e. The molecule has 26 heavy (non-hydrogen) atoms. The van der Waals surface area contributed by atoms with Gasteiger partial charge in [0.2, 0.25) is 11.5 Å². The van der Waals surface area contributed by atoms with Gasteiger partial charge < -0.3 is 14.9 Å². The molecule has 1 aliphatic rings. The molecule has 3 rings (SSSR count). The van der Waals surface area contributed by atoms with Gasteiger partial charge in [-0.15, -0.1) is 0 Å². The summed E-state index contributed by atoms with van der Waals surface area (Å²) in [5.41, 5.74) is -0.933. The second-order valence-electron chi connectivity index (χ2n) is 5.55. The van der Waals surface area contributed by atoms with E-state index in [0.29, 0.717) is 12.1 Å². The molecule has 0 spiro atoms. The predicted molar refractivity (Wildman–Crippen MR) is 78.4 cm³/mol. The Balaban J connectivity index is 0.000000298. The third-order valence-electron chi connectivity index (χ3n) is 3.59. The van der Waals surface area contributed by atoms with E-state index in [1.165, 1.54) is 0 Å². The average molecular weight is 379 g/mol. The Labute approximate surface area is 144 Å². The van der Waals surface area contributed by atoms with Crippen LogP contribution < -0.4 is 5.32 Å². The van der Waals surface area contributed by atoms with Gasteiger partial charge in [0.1, 0.15) is 5.82 Å². The number of nitrogens with one attached hydrogen (secondary N) is 1. The summed E-state index contributed by atoms with van der Waals surface area (Å²) < 4.78 is 65.0. The second kappa shape index (κ2) is 7.36. The van der Waals surface area contributed by atoms with Crippen LogP contribution in [0.1, 0.15) is 17.9 Å². The monoisotopic (exact) mass is 379 g/mol. The third-order valence-corrected chi connectivity index (χ3v) is 3.59. The van der Waals surface area contributed by atoms with E-state index in [2.05, 4.69) is 15.5 Å². The Morgan fingerprint density at radius 2 is 2.04 bits per heavy atom. The van der Waals surface area contributed by atoms with Gasteiger partial charge >= 0.3 is 12.1 Å². The number of aryl methyl sites for hydroxylation is 1. The fourth-order valence-electron chi connectivity index (χ4n) is 2.18. The number of carboxylic acid groups (broad SMARTS) is 1. The molecule has 1 aromatic heterocycles. The van der Waals surface area contributed by atoms with Gasteiger partial charge in [-0.3, -0.25) is 0 Å². The van der Waals surface area contributed by atoms with Gasteiger partial charge in [0.05, 0.1) is 5.56 Å². The molecule has 1 unspecified atom stereocenters. The zero-order chi connectivity index (χ0) is 19.5. The van der Waals surface area contributed by atoms with Gasteiger partial charge in [-0.2, -0.15) is 18.2 Å². The number of carboxylic acids is 1. The van der Waals surface area contributed by atoms with Crippen molar-refractivity contribution in [2.24, 2.45) is 0 Å². The van der Waals surface area contributed by atoms with Crippen LogP contribution in [0.25, 0.3) is 11.4 Å². The summed E-state index contributed by atoms with van der Waals surface area (Å²) >= 11 is 0. The Bertz CT molecular complexity index is 785. The number of nitrogens with zero attached hydrogens (tertiary/aromatic N) is 2. The molecule has 1 aromatic carbocycles. The highest BCUT2D eigenvalue weighted by Gasteiger charge is 2.41. The molecular weight excluding hydrogens is 365 g/mol. The lowest BCUT2D eigenvalue weighted by Crippen LogP contribution is -2.23. The van der Waals surface area contributed by atoms with Gasteiger partial charge in [0.15, 0.2) is 0 Å². The van der Waals surface area contributed by atoms with E-state index in [0.717, 1.165) is 0 Å². The molecule has 1 saturated heterocycles. The summed E-state index contributed by atoms with van der Waals surface area (Å²) in [5, 5.41) is 13.7. The van der Waals surface area contributed by atoms with E-state index in [9.17, 15) is 22.0 Å². The van der Waals surface area contributed by atoms with E-state index >= 15 is 0 Å². The van der Waals surface area contributed by atoms with Crippen molar-refractivity contribution in [2.45, 2.75) is 25.2 Å². The summed E-state index contributed by atoms with van der Waals surface area (Å²) in [6.45, 7) is 2.36. The average Bonchev–Trinajstić information content (AvgIpc) is 3.20. The van der Waals surface area contributed by atoms with Crippen LogP contribution in [0.3, 0.4) is 0 Å². The smallest absolute Gasteiger partial charge is 0.475 e. The quantitative estimate of drug-likeness (QED) is 0.780. The SMILES string of the molecule is Cc1cccc(-c2noc(C3(F)CCNC3)n2)c1F.O=C(O)C(F)(F)F. The minimum atomic E-state index is -5.08. The Kier molecular flexibility index (Phi) is 5.59. The molecule has 6 nitrogen and oxygen atoms in total. The van der Waals surface area contributed by atoms with Gasteiger partial charge in [-0.1, -0.05) is 17.3 Å².